The van der Waals surface area contributed by atoms with Gasteiger partial charge in [0.2, 0.25) is 0 Å². The standard InChI is InChI=1S/C17H26Si/c1-4-10-16(11-5-1)17(12-6-2-7-13-17)18-14-8-3-9-15-18/h1,4-5,10-11,18H,2-3,6-9,12-15H2. The molecule has 1 heterocycles. The Labute approximate surface area is 113 Å². The van der Waals surface area contributed by atoms with Crippen molar-refractivity contribution in [2.45, 2.75) is 68.5 Å². The molecule has 2 aliphatic rings. The van der Waals surface area contributed by atoms with Crippen LogP contribution in [0.2, 0.25) is 12.1 Å². The number of hydrogen-bond acceptors (Lipinski definition) is 0. The molecule has 0 unspecified atom stereocenters. The van der Waals surface area contributed by atoms with Crippen molar-refractivity contribution >= 4 is 8.80 Å². The van der Waals surface area contributed by atoms with E-state index >= 15 is 0 Å². The minimum absolute atomic E-state index is 0.570. The Morgan fingerprint density at radius 3 is 2.00 bits per heavy atom. The van der Waals surface area contributed by atoms with Gasteiger partial charge in [-0.3, -0.25) is 0 Å². The quantitative estimate of drug-likeness (QED) is 0.666. The maximum atomic E-state index is 2.44. The van der Waals surface area contributed by atoms with Gasteiger partial charge in [0.05, 0.1) is 0 Å². The molecular weight excluding hydrogens is 232 g/mol. The summed E-state index contributed by atoms with van der Waals surface area (Å²) in [7, 11) is -0.570. The maximum absolute atomic E-state index is 2.44. The van der Waals surface area contributed by atoms with Crippen LogP contribution in [0, 0.1) is 0 Å². The second kappa shape index (κ2) is 5.60. The maximum Gasteiger partial charge on any atom is 0.0488 e. The third-order valence-electron chi connectivity index (χ3n) is 5.48. The Kier molecular flexibility index (Phi) is 3.88. The van der Waals surface area contributed by atoms with E-state index in [2.05, 4.69) is 30.3 Å². The molecule has 0 spiro atoms. The van der Waals surface area contributed by atoms with Crippen LogP contribution < -0.4 is 0 Å². The molecule has 18 heavy (non-hydrogen) atoms. The summed E-state index contributed by atoms with van der Waals surface area (Å²) < 4.78 is 0. The van der Waals surface area contributed by atoms with E-state index in [4.69, 9.17) is 0 Å². The van der Waals surface area contributed by atoms with Crippen LogP contribution in [0.3, 0.4) is 0 Å². The van der Waals surface area contributed by atoms with E-state index in [9.17, 15) is 0 Å². The summed E-state index contributed by atoms with van der Waals surface area (Å²) in [5.74, 6) is 0. The zero-order chi connectivity index (χ0) is 12.3. The predicted octanol–water partition coefficient (Wildman–Crippen LogP) is 4.84. The van der Waals surface area contributed by atoms with Crippen LogP contribution in [-0.2, 0) is 5.04 Å². The van der Waals surface area contributed by atoms with Gasteiger partial charge in [-0.2, -0.15) is 0 Å². The van der Waals surface area contributed by atoms with Crippen molar-refractivity contribution in [2.24, 2.45) is 0 Å². The molecule has 1 aliphatic carbocycles. The molecule has 1 aromatic rings. The molecule has 1 saturated carbocycles. The molecule has 98 valence electrons. The fraction of sp³-hybridized carbons (Fsp3) is 0.647. The highest BCUT2D eigenvalue weighted by Crippen LogP contribution is 2.45. The van der Waals surface area contributed by atoms with Crippen LogP contribution in [0.15, 0.2) is 30.3 Å². The van der Waals surface area contributed by atoms with Gasteiger partial charge in [-0.15, -0.1) is 0 Å². The van der Waals surface area contributed by atoms with Crippen LogP contribution in [0.4, 0.5) is 0 Å². The van der Waals surface area contributed by atoms with Crippen molar-refractivity contribution in [3.05, 3.63) is 35.9 Å². The zero-order valence-corrected chi connectivity index (χ0v) is 12.7. The molecule has 1 heteroatoms. The summed E-state index contributed by atoms with van der Waals surface area (Å²) in [6.45, 7) is 0. The van der Waals surface area contributed by atoms with Crippen LogP contribution in [0.5, 0.6) is 0 Å². The Morgan fingerprint density at radius 2 is 1.33 bits per heavy atom. The largest absolute Gasteiger partial charge is 0.0622 e. The number of rotatable bonds is 2. The molecule has 1 saturated heterocycles. The molecule has 1 aromatic carbocycles. The number of hydrogen-bond donors (Lipinski definition) is 0. The zero-order valence-electron chi connectivity index (χ0n) is 11.5. The lowest BCUT2D eigenvalue weighted by atomic mass is 9.83. The molecule has 0 amide bonds. The lowest BCUT2D eigenvalue weighted by molar-refractivity contribution is 0.381. The van der Waals surface area contributed by atoms with Gasteiger partial charge in [0, 0.05) is 8.80 Å². The lowest BCUT2D eigenvalue weighted by Crippen LogP contribution is -2.45. The normalized spacial score (nSPS) is 24.9. The average Bonchev–Trinajstić information content (AvgIpc) is 2.50. The summed E-state index contributed by atoms with van der Waals surface area (Å²) in [5.41, 5.74) is 1.71. The second-order valence-electron chi connectivity index (χ2n) is 6.42. The fourth-order valence-corrected chi connectivity index (χ4v) is 9.39. The molecule has 0 radical (unpaired) electrons. The molecular formula is C17H26Si. The van der Waals surface area contributed by atoms with Crippen LogP contribution in [0.25, 0.3) is 0 Å². The summed E-state index contributed by atoms with van der Waals surface area (Å²) in [5, 5.41) is 0.680. The average molecular weight is 258 g/mol. The number of benzene rings is 1. The first-order valence-electron chi connectivity index (χ1n) is 7.97. The van der Waals surface area contributed by atoms with Crippen molar-refractivity contribution < 1.29 is 0 Å². The summed E-state index contributed by atoms with van der Waals surface area (Å²) in [4.78, 5) is 0. The third kappa shape index (κ3) is 2.30. The Balaban J connectivity index is 1.92. The molecule has 0 aromatic heterocycles. The highest BCUT2D eigenvalue weighted by atomic mass is 28.3. The van der Waals surface area contributed by atoms with E-state index in [1.807, 2.05) is 0 Å². The third-order valence-corrected chi connectivity index (χ3v) is 10.2. The minimum Gasteiger partial charge on any atom is -0.0622 e. The van der Waals surface area contributed by atoms with Gasteiger partial charge < -0.3 is 0 Å². The van der Waals surface area contributed by atoms with Crippen molar-refractivity contribution in [2.75, 3.05) is 0 Å². The van der Waals surface area contributed by atoms with Crippen LogP contribution in [0.1, 0.15) is 56.9 Å². The van der Waals surface area contributed by atoms with Gasteiger partial charge in [-0.05, 0) is 23.4 Å². The molecule has 0 atom stereocenters. The SMILES string of the molecule is c1ccc(C2([SiH]3CCCCC3)CCCCC2)cc1. The minimum atomic E-state index is -0.570. The fourth-order valence-electron chi connectivity index (χ4n) is 4.54. The molecule has 2 fully saturated rings. The second-order valence-corrected chi connectivity index (χ2v) is 10.1. The van der Waals surface area contributed by atoms with Crippen LogP contribution >= 0.6 is 0 Å². The molecule has 3 rings (SSSR count). The van der Waals surface area contributed by atoms with Gasteiger partial charge in [-0.1, -0.05) is 80.9 Å². The summed E-state index contributed by atoms with van der Waals surface area (Å²) in [6, 6.07) is 14.8. The molecule has 1 aliphatic heterocycles. The highest BCUT2D eigenvalue weighted by Gasteiger charge is 2.41. The summed E-state index contributed by atoms with van der Waals surface area (Å²) in [6.07, 6.45) is 12.0. The van der Waals surface area contributed by atoms with E-state index in [-0.39, 0.29) is 0 Å². The van der Waals surface area contributed by atoms with Crippen molar-refractivity contribution in [3.8, 4) is 0 Å². The smallest absolute Gasteiger partial charge is 0.0488 e. The van der Waals surface area contributed by atoms with Gasteiger partial charge in [0.25, 0.3) is 0 Å². The van der Waals surface area contributed by atoms with Gasteiger partial charge in [0.15, 0.2) is 0 Å². The van der Waals surface area contributed by atoms with Gasteiger partial charge in [-0.25, -0.2) is 0 Å². The summed E-state index contributed by atoms with van der Waals surface area (Å²) >= 11 is 0. The van der Waals surface area contributed by atoms with E-state index < -0.39 is 8.80 Å². The monoisotopic (exact) mass is 258 g/mol. The highest BCUT2D eigenvalue weighted by molar-refractivity contribution is 6.62. The van der Waals surface area contributed by atoms with Gasteiger partial charge >= 0.3 is 0 Å². The van der Waals surface area contributed by atoms with E-state index in [1.54, 1.807) is 17.7 Å². The Morgan fingerprint density at radius 1 is 0.722 bits per heavy atom. The van der Waals surface area contributed by atoms with Crippen molar-refractivity contribution in [1.82, 2.24) is 0 Å². The lowest BCUT2D eigenvalue weighted by Gasteiger charge is -2.45. The van der Waals surface area contributed by atoms with E-state index in [1.165, 1.54) is 51.4 Å². The Hall–Kier alpha value is -0.563. The van der Waals surface area contributed by atoms with Gasteiger partial charge in [0.1, 0.15) is 0 Å². The predicted molar refractivity (Wildman–Crippen MR) is 81.8 cm³/mol. The first-order valence-corrected chi connectivity index (χ1v) is 10.2. The molecule has 0 N–H and O–H groups in total. The van der Waals surface area contributed by atoms with E-state index in [0.717, 1.165) is 0 Å². The first-order chi connectivity index (χ1) is 8.92. The van der Waals surface area contributed by atoms with E-state index in [0.29, 0.717) is 5.04 Å². The first kappa shape index (κ1) is 12.5. The van der Waals surface area contributed by atoms with Crippen LogP contribution in [-0.4, -0.2) is 8.80 Å². The Bertz CT molecular complexity index is 358. The topological polar surface area (TPSA) is 0 Å². The van der Waals surface area contributed by atoms with Crippen molar-refractivity contribution in [1.29, 1.82) is 0 Å². The molecule has 0 nitrogen and oxygen atoms in total. The van der Waals surface area contributed by atoms with Crippen molar-refractivity contribution in [3.63, 3.8) is 0 Å². The molecule has 0 bridgehead atoms.